The number of carbonyl (C=O) groups is 1. The minimum Gasteiger partial charge on any atom is -0.370 e. The van der Waals surface area contributed by atoms with Crippen molar-refractivity contribution in [2.75, 3.05) is 0 Å². The summed E-state index contributed by atoms with van der Waals surface area (Å²) in [5.74, 6) is 0.168. The third kappa shape index (κ3) is 3.60. The molecular formula is C18H18ClN3O2S. The zero-order valence-electron chi connectivity index (χ0n) is 14.0. The van der Waals surface area contributed by atoms with Crippen LogP contribution in [0.4, 0.5) is 0 Å². The number of rotatable bonds is 5. The molecule has 0 bridgehead atoms. The molecule has 3 aromatic rings. The first-order valence-electron chi connectivity index (χ1n) is 7.89. The van der Waals surface area contributed by atoms with Gasteiger partial charge in [-0.3, -0.25) is 14.2 Å². The summed E-state index contributed by atoms with van der Waals surface area (Å²) in [5, 5.41) is 1.26. The summed E-state index contributed by atoms with van der Waals surface area (Å²) in [6.07, 6.45) is 0.554. The van der Waals surface area contributed by atoms with Crippen LogP contribution in [0.1, 0.15) is 28.2 Å². The second-order valence-corrected chi connectivity index (χ2v) is 7.61. The zero-order chi connectivity index (χ0) is 18.1. The number of benzene rings is 1. The summed E-state index contributed by atoms with van der Waals surface area (Å²) < 4.78 is 1.56. The predicted octanol–water partition coefficient (Wildman–Crippen LogP) is 3.19. The fourth-order valence-electron chi connectivity index (χ4n) is 2.79. The van der Waals surface area contributed by atoms with Gasteiger partial charge in [0.15, 0.2) is 0 Å². The smallest absolute Gasteiger partial charge is 0.262 e. The van der Waals surface area contributed by atoms with E-state index in [2.05, 4.69) is 0 Å². The van der Waals surface area contributed by atoms with Gasteiger partial charge < -0.3 is 5.73 Å². The van der Waals surface area contributed by atoms with Gasteiger partial charge in [0.05, 0.1) is 5.39 Å². The largest absolute Gasteiger partial charge is 0.370 e. The van der Waals surface area contributed by atoms with Crippen LogP contribution in [-0.4, -0.2) is 15.5 Å². The maximum absolute atomic E-state index is 13.0. The highest BCUT2D eigenvalue weighted by Crippen LogP contribution is 2.27. The number of nitrogens with zero attached hydrogens (tertiary/aromatic N) is 2. The molecule has 0 unspecified atom stereocenters. The summed E-state index contributed by atoms with van der Waals surface area (Å²) in [6, 6.07) is 7.45. The van der Waals surface area contributed by atoms with Gasteiger partial charge in [0.25, 0.3) is 5.56 Å². The zero-order valence-corrected chi connectivity index (χ0v) is 15.6. The number of aromatic nitrogens is 2. The van der Waals surface area contributed by atoms with E-state index in [1.807, 2.05) is 32.0 Å². The van der Waals surface area contributed by atoms with E-state index in [1.54, 1.807) is 10.6 Å². The Morgan fingerprint density at radius 1 is 1.36 bits per heavy atom. The molecule has 130 valence electrons. The van der Waals surface area contributed by atoms with Gasteiger partial charge in [0.1, 0.15) is 10.7 Å². The fourth-order valence-corrected chi connectivity index (χ4v) is 4.04. The van der Waals surface area contributed by atoms with Crippen molar-refractivity contribution in [3.8, 4) is 0 Å². The van der Waals surface area contributed by atoms with E-state index in [0.29, 0.717) is 22.7 Å². The highest BCUT2D eigenvalue weighted by atomic mass is 35.5. The lowest BCUT2D eigenvalue weighted by atomic mass is 10.1. The number of amides is 1. The van der Waals surface area contributed by atoms with Crippen molar-refractivity contribution in [3.05, 3.63) is 61.5 Å². The molecule has 3 rings (SSSR count). The van der Waals surface area contributed by atoms with Crippen molar-refractivity contribution in [3.63, 3.8) is 0 Å². The van der Waals surface area contributed by atoms with E-state index >= 15 is 0 Å². The SMILES string of the molecule is Cc1sc2nc(Cc3cccc(Cl)c3)n(CCC(N)=O)c(=O)c2c1C. The van der Waals surface area contributed by atoms with Gasteiger partial charge in [-0.2, -0.15) is 0 Å². The van der Waals surface area contributed by atoms with E-state index in [9.17, 15) is 9.59 Å². The first-order valence-corrected chi connectivity index (χ1v) is 9.08. The van der Waals surface area contributed by atoms with Gasteiger partial charge in [-0.1, -0.05) is 23.7 Å². The summed E-state index contributed by atoms with van der Waals surface area (Å²) >= 11 is 7.57. The van der Waals surface area contributed by atoms with Crippen LogP contribution in [0.15, 0.2) is 29.1 Å². The molecule has 0 spiro atoms. The molecular weight excluding hydrogens is 358 g/mol. The molecule has 0 aliphatic heterocycles. The number of hydrogen-bond acceptors (Lipinski definition) is 4. The summed E-state index contributed by atoms with van der Waals surface area (Å²) in [6.45, 7) is 4.12. The van der Waals surface area contributed by atoms with Crippen LogP contribution < -0.4 is 11.3 Å². The third-order valence-corrected chi connectivity index (χ3v) is 5.54. The molecule has 2 heterocycles. The Morgan fingerprint density at radius 3 is 2.80 bits per heavy atom. The average Bonchev–Trinajstić information content (AvgIpc) is 2.81. The number of aryl methyl sites for hydroxylation is 2. The topological polar surface area (TPSA) is 78.0 Å². The number of fused-ring (bicyclic) bond motifs is 1. The Bertz CT molecular complexity index is 1020. The molecule has 2 N–H and O–H groups in total. The van der Waals surface area contributed by atoms with Gasteiger partial charge in [0, 0.05) is 29.3 Å². The maximum Gasteiger partial charge on any atom is 0.262 e. The van der Waals surface area contributed by atoms with Crippen molar-refractivity contribution in [1.29, 1.82) is 0 Å². The number of nitrogens with two attached hydrogens (primary N) is 1. The molecule has 1 amide bonds. The van der Waals surface area contributed by atoms with E-state index in [0.717, 1.165) is 20.8 Å². The minimum atomic E-state index is -0.445. The normalized spacial score (nSPS) is 11.2. The molecule has 2 aromatic heterocycles. The first-order chi connectivity index (χ1) is 11.9. The third-order valence-electron chi connectivity index (χ3n) is 4.20. The number of halogens is 1. The van der Waals surface area contributed by atoms with Crippen molar-refractivity contribution in [2.45, 2.75) is 33.2 Å². The molecule has 5 nitrogen and oxygen atoms in total. The quantitative estimate of drug-likeness (QED) is 0.743. The highest BCUT2D eigenvalue weighted by molar-refractivity contribution is 7.18. The van der Waals surface area contributed by atoms with Crippen molar-refractivity contribution in [1.82, 2.24) is 9.55 Å². The average molecular weight is 376 g/mol. The van der Waals surface area contributed by atoms with E-state index in [4.69, 9.17) is 22.3 Å². The summed E-state index contributed by atoms with van der Waals surface area (Å²) in [5.41, 5.74) is 7.05. The van der Waals surface area contributed by atoms with E-state index in [1.165, 1.54) is 11.3 Å². The number of primary amides is 1. The monoisotopic (exact) mass is 375 g/mol. The molecule has 0 fully saturated rings. The van der Waals surface area contributed by atoms with Crippen LogP contribution in [-0.2, 0) is 17.8 Å². The van der Waals surface area contributed by atoms with E-state index < -0.39 is 5.91 Å². The maximum atomic E-state index is 13.0. The Morgan fingerprint density at radius 2 is 2.12 bits per heavy atom. The van der Waals surface area contributed by atoms with Crippen LogP contribution in [0.3, 0.4) is 0 Å². The molecule has 1 aromatic carbocycles. The van der Waals surface area contributed by atoms with Gasteiger partial charge in [0.2, 0.25) is 5.91 Å². The van der Waals surface area contributed by atoms with Crippen LogP contribution in [0, 0.1) is 13.8 Å². The van der Waals surface area contributed by atoms with Crippen molar-refractivity contribution >= 4 is 39.1 Å². The lowest BCUT2D eigenvalue weighted by Crippen LogP contribution is -2.27. The second-order valence-electron chi connectivity index (χ2n) is 5.97. The Kier molecular flexibility index (Phi) is 4.92. The fraction of sp³-hybridized carbons (Fsp3) is 0.278. The van der Waals surface area contributed by atoms with Gasteiger partial charge in [-0.25, -0.2) is 4.98 Å². The van der Waals surface area contributed by atoms with E-state index in [-0.39, 0.29) is 18.5 Å². The summed E-state index contributed by atoms with van der Waals surface area (Å²) in [4.78, 5) is 30.7. The molecule has 0 aliphatic rings. The van der Waals surface area contributed by atoms with Gasteiger partial charge in [-0.15, -0.1) is 11.3 Å². The summed E-state index contributed by atoms with van der Waals surface area (Å²) in [7, 11) is 0. The van der Waals surface area contributed by atoms with Gasteiger partial charge in [-0.05, 0) is 37.1 Å². The van der Waals surface area contributed by atoms with Crippen molar-refractivity contribution < 1.29 is 4.79 Å². The Balaban J connectivity index is 2.15. The van der Waals surface area contributed by atoms with Crippen LogP contribution in [0.5, 0.6) is 0 Å². The molecule has 0 saturated carbocycles. The molecule has 0 saturated heterocycles. The van der Waals surface area contributed by atoms with Crippen LogP contribution >= 0.6 is 22.9 Å². The first kappa shape index (κ1) is 17.6. The molecule has 25 heavy (non-hydrogen) atoms. The number of thiophene rings is 1. The molecule has 0 aliphatic carbocycles. The molecule has 0 radical (unpaired) electrons. The standard InChI is InChI=1S/C18H18ClN3O2S/c1-10-11(2)25-17-16(10)18(24)22(7-6-14(20)23)15(21-17)9-12-4-3-5-13(19)8-12/h3-5,8H,6-7,9H2,1-2H3,(H2,20,23). The lowest BCUT2D eigenvalue weighted by molar-refractivity contribution is -0.118. The number of carbonyl (C=O) groups excluding carboxylic acids is 1. The Labute approximate surface area is 154 Å². The Hall–Kier alpha value is -2.18. The molecule has 7 heteroatoms. The van der Waals surface area contributed by atoms with Crippen LogP contribution in [0.2, 0.25) is 5.02 Å². The number of hydrogen-bond donors (Lipinski definition) is 1. The minimum absolute atomic E-state index is 0.0950. The lowest BCUT2D eigenvalue weighted by Gasteiger charge is -2.12. The molecule has 0 atom stereocenters. The van der Waals surface area contributed by atoms with Gasteiger partial charge >= 0.3 is 0 Å². The predicted molar refractivity (Wildman–Crippen MR) is 101 cm³/mol. The highest BCUT2D eigenvalue weighted by Gasteiger charge is 2.17. The van der Waals surface area contributed by atoms with Crippen LogP contribution in [0.25, 0.3) is 10.2 Å². The van der Waals surface area contributed by atoms with Crippen molar-refractivity contribution in [2.24, 2.45) is 5.73 Å². The second kappa shape index (κ2) is 6.98.